The van der Waals surface area contributed by atoms with Crippen molar-refractivity contribution in [3.05, 3.63) is 0 Å². The fourth-order valence-corrected chi connectivity index (χ4v) is 0.558. The lowest BCUT2D eigenvalue weighted by Gasteiger charge is -2.12. The molecule has 0 amide bonds. The molecule has 0 saturated heterocycles. The second-order valence-corrected chi connectivity index (χ2v) is 2.08. The van der Waals surface area contributed by atoms with Gasteiger partial charge in [-0.2, -0.15) is 0 Å². The molecule has 1 atom stereocenters. The molecule has 0 bridgehead atoms. The summed E-state index contributed by atoms with van der Waals surface area (Å²) in [6.45, 7) is -1.25. The Morgan fingerprint density at radius 1 is 1.42 bits per heavy atom. The van der Waals surface area contributed by atoms with Gasteiger partial charge in [0.15, 0.2) is 12.5 Å². The fourth-order valence-electron chi connectivity index (χ4n) is 0.558. The second-order valence-electron chi connectivity index (χ2n) is 2.08. The monoisotopic (exact) mass is 180 g/mol. The number of hydrogen-bond donors (Lipinski definition) is 1. The summed E-state index contributed by atoms with van der Waals surface area (Å²) in [5, 5.41) is 8.12. The molecule has 4 nitrogen and oxygen atoms in total. The molecule has 68 valence electrons. The van der Waals surface area contributed by atoms with E-state index < -0.39 is 29.9 Å². The SMILES string of the molecule is CC(=O)C(F)(C(=O)O)C(=O)CF. The van der Waals surface area contributed by atoms with Gasteiger partial charge in [0.1, 0.15) is 0 Å². The van der Waals surface area contributed by atoms with E-state index in [1.165, 1.54) is 0 Å². The van der Waals surface area contributed by atoms with E-state index in [2.05, 4.69) is 0 Å². The van der Waals surface area contributed by atoms with Crippen molar-refractivity contribution in [3.8, 4) is 0 Å². The van der Waals surface area contributed by atoms with Crippen molar-refractivity contribution in [1.29, 1.82) is 0 Å². The third kappa shape index (κ3) is 1.46. The van der Waals surface area contributed by atoms with Gasteiger partial charge in [-0.3, -0.25) is 9.59 Å². The van der Waals surface area contributed by atoms with Crippen LogP contribution in [0.1, 0.15) is 6.92 Å². The molecule has 0 aromatic heterocycles. The van der Waals surface area contributed by atoms with E-state index in [-0.39, 0.29) is 0 Å². The highest BCUT2D eigenvalue weighted by molar-refractivity contribution is 6.25. The van der Waals surface area contributed by atoms with Crippen molar-refractivity contribution < 1.29 is 28.3 Å². The largest absolute Gasteiger partial charge is 0.478 e. The van der Waals surface area contributed by atoms with Gasteiger partial charge in [0, 0.05) is 0 Å². The van der Waals surface area contributed by atoms with Gasteiger partial charge in [0.05, 0.1) is 0 Å². The maximum absolute atomic E-state index is 12.9. The summed E-state index contributed by atoms with van der Waals surface area (Å²) in [5.41, 5.74) is -3.73. The van der Waals surface area contributed by atoms with Crippen LogP contribution >= 0.6 is 0 Å². The van der Waals surface area contributed by atoms with Gasteiger partial charge in [0.25, 0.3) is 0 Å². The van der Waals surface area contributed by atoms with Crippen LogP contribution in [0.5, 0.6) is 0 Å². The number of aliphatic carboxylic acids is 1. The Labute approximate surface area is 66.2 Å². The number of carboxylic acids is 1. The third-order valence-corrected chi connectivity index (χ3v) is 1.29. The number of carbonyl (C=O) groups excluding carboxylic acids is 2. The van der Waals surface area contributed by atoms with Crippen LogP contribution < -0.4 is 0 Å². The van der Waals surface area contributed by atoms with E-state index in [0.29, 0.717) is 6.92 Å². The predicted molar refractivity (Wildman–Crippen MR) is 33.1 cm³/mol. The Morgan fingerprint density at radius 2 is 1.83 bits per heavy atom. The average Bonchev–Trinajstić information content (AvgIpc) is 2.00. The summed E-state index contributed by atoms with van der Waals surface area (Å²) >= 11 is 0. The fraction of sp³-hybridized carbons (Fsp3) is 0.500. The zero-order valence-corrected chi connectivity index (χ0v) is 6.13. The van der Waals surface area contributed by atoms with Gasteiger partial charge in [-0.05, 0) is 6.92 Å². The minimum Gasteiger partial charge on any atom is -0.478 e. The Morgan fingerprint density at radius 3 is 1.92 bits per heavy atom. The normalized spacial score (nSPS) is 14.9. The van der Waals surface area contributed by atoms with Gasteiger partial charge in [-0.1, -0.05) is 0 Å². The molecule has 6 heteroatoms. The molecular formula is C6H6F2O4. The van der Waals surface area contributed by atoms with Gasteiger partial charge in [0.2, 0.25) is 5.78 Å². The number of hydrogen-bond acceptors (Lipinski definition) is 3. The van der Waals surface area contributed by atoms with Crippen molar-refractivity contribution in [3.63, 3.8) is 0 Å². The van der Waals surface area contributed by atoms with Gasteiger partial charge >= 0.3 is 11.6 Å². The van der Waals surface area contributed by atoms with Crippen molar-refractivity contribution >= 4 is 17.5 Å². The molecule has 1 unspecified atom stereocenters. The lowest BCUT2D eigenvalue weighted by Crippen LogP contribution is -2.49. The molecule has 0 aromatic rings. The number of alkyl halides is 2. The first-order chi connectivity index (χ1) is 5.37. The molecule has 1 N–H and O–H groups in total. The highest BCUT2D eigenvalue weighted by atomic mass is 19.1. The van der Waals surface area contributed by atoms with E-state index in [1.54, 1.807) is 0 Å². The third-order valence-electron chi connectivity index (χ3n) is 1.29. The summed E-state index contributed by atoms with van der Waals surface area (Å²) in [6, 6.07) is 0. The first kappa shape index (κ1) is 10.7. The summed E-state index contributed by atoms with van der Waals surface area (Å²) in [6.07, 6.45) is 0. The van der Waals surface area contributed by atoms with E-state index in [0.717, 1.165) is 0 Å². The molecular weight excluding hydrogens is 174 g/mol. The Bertz CT molecular complexity index is 222. The van der Waals surface area contributed by atoms with Gasteiger partial charge < -0.3 is 5.11 Å². The molecule has 0 fully saturated rings. The molecule has 0 aromatic carbocycles. The molecule has 0 aliphatic carbocycles. The first-order valence-electron chi connectivity index (χ1n) is 2.90. The zero-order valence-electron chi connectivity index (χ0n) is 6.13. The van der Waals surface area contributed by atoms with Crippen molar-refractivity contribution in [2.45, 2.75) is 12.6 Å². The molecule has 0 aliphatic heterocycles. The molecule has 0 spiro atoms. The van der Waals surface area contributed by atoms with Crippen LogP contribution in [0.3, 0.4) is 0 Å². The number of halogens is 2. The Balaban J connectivity index is 5.01. The molecule has 0 heterocycles. The summed E-state index contributed by atoms with van der Waals surface area (Å²) in [7, 11) is 0. The quantitative estimate of drug-likeness (QED) is 0.613. The van der Waals surface area contributed by atoms with Crippen LogP contribution in [0.2, 0.25) is 0 Å². The smallest absolute Gasteiger partial charge is 0.357 e. The van der Waals surface area contributed by atoms with Crippen molar-refractivity contribution in [2.24, 2.45) is 0 Å². The van der Waals surface area contributed by atoms with Crippen LogP contribution in [0.15, 0.2) is 0 Å². The highest BCUT2D eigenvalue weighted by Crippen LogP contribution is 2.14. The van der Waals surface area contributed by atoms with Gasteiger partial charge in [-0.25, -0.2) is 13.6 Å². The molecule has 0 rings (SSSR count). The summed E-state index contributed by atoms with van der Waals surface area (Å²) in [5.74, 6) is -5.70. The molecule has 0 aliphatic rings. The van der Waals surface area contributed by atoms with Crippen LogP contribution in [0, 0.1) is 0 Å². The van der Waals surface area contributed by atoms with E-state index in [4.69, 9.17) is 5.11 Å². The predicted octanol–water partition coefficient (Wildman–Crippen LogP) is -0.0931. The maximum atomic E-state index is 12.9. The van der Waals surface area contributed by atoms with Crippen LogP contribution in [0.4, 0.5) is 8.78 Å². The average molecular weight is 180 g/mol. The van der Waals surface area contributed by atoms with E-state index in [1.807, 2.05) is 0 Å². The van der Waals surface area contributed by atoms with Crippen LogP contribution in [-0.2, 0) is 14.4 Å². The number of ketones is 2. The zero-order chi connectivity index (χ0) is 9.94. The minimum atomic E-state index is -3.73. The number of Topliss-reactive ketones (excluding diaryl/α,β-unsaturated/α-hetero) is 2. The first-order valence-corrected chi connectivity index (χ1v) is 2.90. The van der Waals surface area contributed by atoms with Crippen LogP contribution in [-0.4, -0.2) is 35.0 Å². The Kier molecular flexibility index (Phi) is 3.00. The summed E-state index contributed by atoms with van der Waals surface area (Å²) in [4.78, 5) is 30.8. The molecule has 0 saturated carbocycles. The lowest BCUT2D eigenvalue weighted by molar-refractivity contribution is -0.161. The minimum absolute atomic E-state index is 0.571. The highest BCUT2D eigenvalue weighted by Gasteiger charge is 2.51. The van der Waals surface area contributed by atoms with Crippen molar-refractivity contribution in [1.82, 2.24) is 0 Å². The Hall–Kier alpha value is -1.33. The second kappa shape index (κ2) is 3.38. The number of rotatable bonds is 4. The van der Waals surface area contributed by atoms with Crippen molar-refractivity contribution in [2.75, 3.05) is 6.67 Å². The topological polar surface area (TPSA) is 71.4 Å². The standard InChI is InChI=1S/C6H6F2O4/c1-3(9)6(8,5(11)12)4(10)2-7/h2H2,1H3,(H,11,12). The lowest BCUT2D eigenvalue weighted by atomic mass is 9.97. The van der Waals surface area contributed by atoms with Gasteiger partial charge in [-0.15, -0.1) is 0 Å². The molecule has 12 heavy (non-hydrogen) atoms. The maximum Gasteiger partial charge on any atom is 0.357 e. The molecule has 0 radical (unpaired) electrons. The number of carboxylic acid groups (broad SMARTS) is 1. The van der Waals surface area contributed by atoms with Crippen LogP contribution in [0.25, 0.3) is 0 Å². The van der Waals surface area contributed by atoms with E-state index >= 15 is 0 Å². The van der Waals surface area contributed by atoms with E-state index in [9.17, 15) is 23.2 Å². The summed E-state index contributed by atoms with van der Waals surface area (Å²) < 4.78 is 24.5. The number of carbonyl (C=O) groups is 3.